The highest BCUT2D eigenvalue weighted by atomic mass is 16.2. The quantitative estimate of drug-likeness (QED) is 0.720. The summed E-state index contributed by atoms with van der Waals surface area (Å²) in [5.41, 5.74) is 7.32. The first-order chi connectivity index (χ1) is 9.97. The van der Waals surface area contributed by atoms with E-state index in [2.05, 4.69) is 10.6 Å². The van der Waals surface area contributed by atoms with E-state index in [1.165, 1.54) is 6.92 Å². The van der Waals surface area contributed by atoms with Crippen molar-refractivity contribution in [3.05, 3.63) is 29.8 Å². The van der Waals surface area contributed by atoms with E-state index in [0.717, 1.165) is 24.1 Å². The van der Waals surface area contributed by atoms with Crippen molar-refractivity contribution in [2.75, 3.05) is 11.9 Å². The van der Waals surface area contributed by atoms with Gasteiger partial charge in [-0.2, -0.15) is 0 Å². The largest absolute Gasteiger partial charge is 0.349 e. The molecule has 0 heterocycles. The van der Waals surface area contributed by atoms with Crippen molar-refractivity contribution < 1.29 is 9.59 Å². The van der Waals surface area contributed by atoms with Gasteiger partial charge in [0.2, 0.25) is 11.8 Å². The maximum absolute atomic E-state index is 12.1. The van der Waals surface area contributed by atoms with Gasteiger partial charge in [0.15, 0.2) is 0 Å². The van der Waals surface area contributed by atoms with Crippen LogP contribution < -0.4 is 16.4 Å². The number of nitrogens with two attached hydrogens (primary N) is 1. The van der Waals surface area contributed by atoms with Crippen LogP contribution >= 0.6 is 0 Å². The van der Waals surface area contributed by atoms with Crippen LogP contribution in [0.15, 0.2) is 24.3 Å². The van der Waals surface area contributed by atoms with Gasteiger partial charge in [0.25, 0.3) is 0 Å². The van der Waals surface area contributed by atoms with Crippen LogP contribution in [0.1, 0.15) is 45.2 Å². The molecule has 5 heteroatoms. The third-order valence-electron chi connectivity index (χ3n) is 3.36. The highest BCUT2D eigenvalue weighted by Gasteiger charge is 2.18. The SMILES string of the molecule is CCCC(CN)C(=O)NC(C)c1cccc(NC(C)=O)c1. The van der Waals surface area contributed by atoms with Gasteiger partial charge in [0.05, 0.1) is 12.0 Å². The number of carbonyl (C=O) groups excluding carboxylic acids is 2. The van der Waals surface area contributed by atoms with Crippen molar-refractivity contribution in [3.8, 4) is 0 Å². The molecule has 0 saturated carbocycles. The molecule has 0 aromatic heterocycles. The van der Waals surface area contributed by atoms with Gasteiger partial charge in [-0.25, -0.2) is 0 Å². The smallest absolute Gasteiger partial charge is 0.224 e. The predicted molar refractivity (Wildman–Crippen MR) is 84.8 cm³/mol. The van der Waals surface area contributed by atoms with Crippen LogP contribution in [0.4, 0.5) is 5.69 Å². The van der Waals surface area contributed by atoms with E-state index in [0.29, 0.717) is 6.54 Å². The third-order valence-corrected chi connectivity index (χ3v) is 3.36. The molecule has 0 aliphatic heterocycles. The summed E-state index contributed by atoms with van der Waals surface area (Å²) in [6.07, 6.45) is 1.72. The molecule has 5 nitrogen and oxygen atoms in total. The van der Waals surface area contributed by atoms with E-state index in [1.54, 1.807) is 0 Å². The van der Waals surface area contributed by atoms with Gasteiger partial charge < -0.3 is 16.4 Å². The summed E-state index contributed by atoms with van der Waals surface area (Å²) >= 11 is 0. The maximum atomic E-state index is 12.1. The van der Waals surface area contributed by atoms with E-state index in [1.807, 2.05) is 38.1 Å². The molecule has 0 aliphatic carbocycles. The molecule has 0 fully saturated rings. The Balaban J connectivity index is 2.72. The minimum Gasteiger partial charge on any atom is -0.349 e. The second kappa shape index (κ2) is 8.42. The zero-order valence-electron chi connectivity index (χ0n) is 13.0. The molecule has 0 spiro atoms. The van der Waals surface area contributed by atoms with Crippen LogP contribution in [0.3, 0.4) is 0 Å². The Morgan fingerprint density at radius 1 is 1.33 bits per heavy atom. The third kappa shape index (κ3) is 5.55. The molecule has 0 aliphatic rings. The van der Waals surface area contributed by atoms with Gasteiger partial charge in [-0.05, 0) is 31.0 Å². The fourth-order valence-corrected chi connectivity index (χ4v) is 2.21. The van der Waals surface area contributed by atoms with Gasteiger partial charge in [-0.15, -0.1) is 0 Å². The number of amides is 2. The molecule has 2 amide bonds. The highest BCUT2D eigenvalue weighted by molar-refractivity contribution is 5.88. The summed E-state index contributed by atoms with van der Waals surface area (Å²) in [5, 5.41) is 5.72. The fourth-order valence-electron chi connectivity index (χ4n) is 2.21. The number of hydrogen-bond donors (Lipinski definition) is 3. The number of rotatable bonds is 7. The highest BCUT2D eigenvalue weighted by Crippen LogP contribution is 2.18. The Labute approximate surface area is 126 Å². The molecular formula is C16H25N3O2. The van der Waals surface area contributed by atoms with Crippen LogP contribution in [-0.4, -0.2) is 18.4 Å². The topological polar surface area (TPSA) is 84.2 Å². The van der Waals surface area contributed by atoms with Crippen molar-refractivity contribution in [3.63, 3.8) is 0 Å². The van der Waals surface area contributed by atoms with Crippen LogP contribution in [0.5, 0.6) is 0 Å². The molecule has 4 N–H and O–H groups in total. The van der Waals surface area contributed by atoms with E-state index < -0.39 is 0 Å². The van der Waals surface area contributed by atoms with Crippen LogP contribution in [0.25, 0.3) is 0 Å². The Hall–Kier alpha value is -1.88. The molecule has 2 unspecified atom stereocenters. The normalized spacial score (nSPS) is 13.3. The summed E-state index contributed by atoms with van der Waals surface area (Å²) in [5.74, 6) is -0.275. The van der Waals surface area contributed by atoms with Crippen molar-refractivity contribution in [2.45, 2.75) is 39.7 Å². The molecule has 1 aromatic rings. The van der Waals surface area contributed by atoms with Gasteiger partial charge >= 0.3 is 0 Å². The average molecular weight is 291 g/mol. The number of nitrogens with one attached hydrogen (secondary N) is 2. The van der Waals surface area contributed by atoms with Crippen molar-refractivity contribution in [2.24, 2.45) is 11.7 Å². The maximum Gasteiger partial charge on any atom is 0.224 e. The van der Waals surface area contributed by atoms with E-state index in [9.17, 15) is 9.59 Å². The Morgan fingerprint density at radius 3 is 2.62 bits per heavy atom. The number of benzene rings is 1. The van der Waals surface area contributed by atoms with Crippen molar-refractivity contribution in [1.29, 1.82) is 0 Å². The molecule has 21 heavy (non-hydrogen) atoms. The number of hydrogen-bond acceptors (Lipinski definition) is 3. The minimum absolute atomic E-state index is 0.0169. The summed E-state index contributed by atoms with van der Waals surface area (Å²) in [7, 11) is 0. The Kier molecular flexibility index (Phi) is 6.88. The van der Waals surface area contributed by atoms with Crippen LogP contribution in [0.2, 0.25) is 0 Å². The van der Waals surface area contributed by atoms with E-state index >= 15 is 0 Å². The molecule has 1 rings (SSSR count). The van der Waals surface area contributed by atoms with Crippen LogP contribution in [0, 0.1) is 5.92 Å². The van der Waals surface area contributed by atoms with Gasteiger partial charge in [0.1, 0.15) is 0 Å². The average Bonchev–Trinajstić information content (AvgIpc) is 2.44. The summed E-state index contributed by atoms with van der Waals surface area (Å²) in [6, 6.07) is 7.34. The van der Waals surface area contributed by atoms with Crippen molar-refractivity contribution in [1.82, 2.24) is 5.32 Å². The summed E-state index contributed by atoms with van der Waals surface area (Å²) < 4.78 is 0. The number of anilines is 1. The monoisotopic (exact) mass is 291 g/mol. The Morgan fingerprint density at radius 2 is 2.05 bits per heavy atom. The molecule has 116 valence electrons. The minimum atomic E-state index is -0.143. The van der Waals surface area contributed by atoms with E-state index in [4.69, 9.17) is 5.73 Å². The first kappa shape index (κ1) is 17.2. The summed E-state index contributed by atoms with van der Waals surface area (Å²) in [6.45, 7) is 5.79. The lowest BCUT2D eigenvalue weighted by Gasteiger charge is -2.19. The van der Waals surface area contributed by atoms with Crippen LogP contribution in [-0.2, 0) is 9.59 Å². The number of carbonyl (C=O) groups is 2. The van der Waals surface area contributed by atoms with Gasteiger partial charge in [-0.1, -0.05) is 25.5 Å². The molecular weight excluding hydrogens is 266 g/mol. The molecule has 0 radical (unpaired) electrons. The van der Waals surface area contributed by atoms with E-state index in [-0.39, 0.29) is 23.8 Å². The lowest BCUT2D eigenvalue weighted by Crippen LogP contribution is -2.36. The lowest BCUT2D eigenvalue weighted by atomic mass is 10.0. The summed E-state index contributed by atoms with van der Waals surface area (Å²) in [4.78, 5) is 23.2. The second-order valence-corrected chi connectivity index (χ2v) is 5.26. The van der Waals surface area contributed by atoms with Crippen molar-refractivity contribution >= 4 is 17.5 Å². The first-order valence-electron chi connectivity index (χ1n) is 7.35. The second-order valence-electron chi connectivity index (χ2n) is 5.26. The predicted octanol–water partition coefficient (Wildman–Crippen LogP) is 2.20. The standard InChI is InChI=1S/C16H25N3O2/c1-4-6-14(10-17)16(21)18-11(2)13-7-5-8-15(9-13)19-12(3)20/h5,7-9,11,14H,4,6,10,17H2,1-3H3,(H,18,21)(H,19,20). The van der Waals surface area contributed by atoms with Gasteiger partial charge in [-0.3, -0.25) is 9.59 Å². The Bertz CT molecular complexity index is 488. The molecule has 0 saturated heterocycles. The zero-order valence-corrected chi connectivity index (χ0v) is 13.0. The first-order valence-corrected chi connectivity index (χ1v) is 7.35. The molecule has 1 aromatic carbocycles. The fraction of sp³-hybridized carbons (Fsp3) is 0.500. The molecule has 0 bridgehead atoms. The van der Waals surface area contributed by atoms with Gasteiger partial charge in [0, 0.05) is 19.2 Å². The zero-order chi connectivity index (χ0) is 15.8. The lowest BCUT2D eigenvalue weighted by molar-refractivity contribution is -0.125. The molecule has 2 atom stereocenters.